The van der Waals surface area contributed by atoms with Crippen LogP contribution in [-0.4, -0.2) is 27.5 Å². The lowest BCUT2D eigenvalue weighted by atomic mass is 9.96. The molecule has 0 aliphatic heterocycles. The van der Waals surface area contributed by atoms with E-state index in [1.54, 1.807) is 18.2 Å². The molecule has 2 rings (SSSR count). The molecule has 2 aromatic carbocycles. The molecule has 24 heavy (non-hydrogen) atoms. The quantitative estimate of drug-likeness (QED) is 0.531. The van der Waals surface area contributed by atoms with Gasteiger partial charge in [-0.2, -0.15) is 0 Å². The maximum absolute atomic E-state index is 10.9. The molecule has 0 fully saturated rings. The lowest BCUT2D eigenvalue weighted by Crippen LogP contribution is -2.01. The predicted octanol–water partition coefficient (Wildman–Crippen LogP) is 3.84. The zero-order valence-corrected chi connectivity index (χ0v) is 15.5. The fraction of sp³-hybridized carbons (Fsp3) is 0.294. The summed E-state index contributed by atoms with van der Waals surface area (Å²) in [5, 5.41) is 9.77. The normalized spacial score (nSPS) is 11.5. The number of aryl methyl sites for hydroxylation is 2. The highest BCUT2D eigenvalue weighted by atomic mass is 32.2. The first-order valence-electron chi connectivity index (χ1n) is 7.33. The average molecular weight is 368 g/mol. The van der Waals surface area contributed by atoms with Crippen LogP contribution in [-0.2, 0) is 11.0 Å². The number of hydrogen-bond acceptors (Lipinski definition) is 4. The standard InChI is InChI=1S/C17H21O5PS/c1-11-6-14(22-10-23(19,20)21)7-12(2)15(11)8-13-4-5-16(18)17(9-13)24-3/h4-7,9,18H,8,10H2,1-3H3,(H2,19,20,21). The third-order valence-corrected chi connectivity index (χ3v) is 4.93. The lowest BCUT2D eigenvalue weighted by Gasteiger charge is -2.15. The van der Waals surface area contributed by atoms with Crippen LogP contribution in [0.5, 0.6) is 11.5 Å². The molecule has 0 unspecified atom stereocenters. The maximum atomic E-state index is 10.9. The second-order valence-electron chi connectivity index (χ2n) is 5.66. The molecular formula is C17H21O5PS. The van der Waals surface area contributed by atoms with E-state index in [-0.39, 0.29) is 5.75 Å². The van der Waals surface area contributed by atoms with Gasteiger partial charge in [0.25, 0.3) is 0 Å². The van der Waals surface area contributed by atoms with E-state index >= 15 is 0 Å². The molecule has 0 aromatic heterocycles. The molecule has 0 aliphatic rings. The van der Waals surface area contributed by atoms with Crippen molar-refractivity contribution in [2.24, 2.45) is 0 Å². The molecular weight excluding hydrogens is 347 g/mol. The van der Waals surface area contributed by atoms with Crippen molar-refractivity contribution in [3.05, 3.63) is 52.6 Å². The Hall–Kier alpha value is -1.46. The Balaban J connectivity index is 2.24. The molecule has 0 spiro atoms. The van der Waals surface area contributed by atoms with Crippen molar-refractivity contribution >= 4 is 19.4 Å². The largest absolute Gasteiger partial charge is 0.507 e. The summed E-state index contributed by atoms with van der Waals surface area (Å²) in [4.78, 5) is 18.6. The fourth-order valence-electron chi connectivity index (χ4n) is 2.51. The second kappa shape index (κ2) is 7.62. The van der Waals surface area contributed by atoms with Crippen molar-refractivity contribution in [1.82, 2.24) is 0 Å². The minimum atomic E-state index is -4.19. The van der Waals surface area contributed by atoms with Crippen LogP contribution in [0.1, 0.15) is 22.3 Å². The van der Waals surface area contributed by atoms with E-state index in [2.05, 4.69) is 0 Å². The molecule has 0 saturated carbocycles. The monoisotopic (exact) mass is 368 g/mol. The van der Waals surface area contributed by atoms with Gasteiger partial charge in [-0.05, 0) is 73.0 Å². The van der Waals surface area contributed by atoms with Crippen molar-refractivity contribution < 1.29 is 24.2 Å². The molecule has 0 atom stereocenters. The summed E-state index contributed by atoms with van der Waals surface area (Å²) in [7, 11) is -4.19. The van der Waals surface area contributed by atoms with Crippen LogP contribution in [0.4, 0.5) is 0 Å². The summed E-state index contributed by atoms with van der Waals surface area (Å²) in [6, 6.07) is 9.13. The number of thioether (sulfide) groups is 1. The van der Waals surface area contributed by atoms with Gasteiger partial charge in [0, 0.05) is 4.90 Å². The van der Waals surface area contributed by atoms with Gasteiger partial charge in [0.2, 0.25) is 0 Å². The van der Waals surface area contributed by atoms with Crippen LogP contribution >= 0.6 is 19.4 Å². The number of ether oxygens (including phenoxy) is 1. The fourth-order valence-corrected chi connectivity index (χ4v) is 3.37. The first-order chi connectivity index (χ1) is 11.2. The van der Waals surface area contributed by atoms with E-state index in [1.165, 1.54) is 11.8 Å². The molecule has 7 heteroatoms. The highest BCUT2D eigenvalue weighted by Gasteiger charge is 2.15. The smallest absolute Gasteiger partial charge is 0.362 e. The molecule has 0 radical (unpaired) electrons. The Morgan fingerprint density at radius 3 is 2.29 bits per heavy atom. The molecule has 5 nitrogen and oxygen atoms in total. The topological polar surface area (TPSA) is 87.0 Å². The van der Waals surface area contributed by atoms with E-state index in [0.29, 0.717) is 12.2 Å². The third kappa shape index (κ3) is 5.02. The van der Waals surface area contributed by atoms with E-state index < -0.39 is 13.9 Å². The number of phenolic OH excluding ortho intramolecular Hbond substituents is 1. The molecule has 0 aliphatic carbocycles. The van der Waals surface area contributed by atoms with Crippen molar-refractivity contribution in [3.63, 3.8) is 0 Å². The van der Waals surface area contributed by atoms with Gasteiger partial charge in [-0.1, -0.05) is 6.07 Å². The summed E-state index contributed by atoms with van der Waals surface area (Å²) in [6.45, 7) is 3.89. The molecule has 3 N–H and O–H groups in total. The first kappa shape index (κ1) is 18.9. The minimum Gasteiger partial charge on any atom is -0.507 e. The Morgan fingerprint density at radius 1 is 1.12 bits per heavy atom. The summed E-state index contributed by atoms with van der Waals surface area (Å²) < 4.78 is 16.1. The molecule has 2 aromatic rings. The van der Waals surface area contributed by atoms with Crippen LogP contribution in [0.25, 0.3) is 0 Å². The molecule has 0 heterocycles. The summed E-state index contributed by atoms with van der Waals surface area (Å²) in [5.74, 6) is 0.730. The Labute approximate surface area is 145 Å². The Kier molecular flexibility index (Phi) is 5.99. The number of benzene rings is 2. The highest BCUT2D eigenvalue weighted by molar-refractivity contribution is 7.98. The van der Waals surface area contributed by atoms with Gasteiger partial charge in [0.15, 0.2) is 6.35 Å². The zero-order valence-electron chi connectivity index (χ0n) is 13.8. The van der Waals surface area contributed by atoms with Crippen molar-refractivity contribution in [2.75, 3.05) is 12.6 Å². The first-order valence-corrected chi connectivity index (χ1v) is 10.3. The van der Waals surface area contributed by atoms with Gasteiger partial charge in [-0.25, -0.2) is 0 Å². The van der Waals surface area contributed by atoms with Crippen LogP contribution in [0.2, 0.25) is 0 Å². The molecule has 0 amide bonds. The van der Waals surface area contributed by atoms with Crippen molar-refractivity contribution in [1.29, 1.82) is 0 Å². The van der Waals surface area contributed by atoms with Crippen molar-refractivity contribution in [3.8, 4) is 11.5 Å². The lowest BCUT2D eigenvalue weighted by molar-refractivity contribution is 0.300. The molecule has 0 saturated heterocycles. The minimum absolute atomic E-state index is 0.279. The van der Waals surface area contributed by atoms with E-state index in [0.717, 1.165) is 27.1 Å². The predicted molar refractivity (Wildman–Crippen MR) is 96.1 cm³/mol. The zero-order chi connectivity index (χ0) is 17.9. The average Bonchev–Trinajstić information content (AvgIpc) is 2.49. The highest BCUT2D eigenvalue weighted by Crippen LogP contribution is 2.35. The van der Waals surface area contributed by atoms with Gasteiger partial charge in [-0.15, -0.1) is 11.8 Å². The van der Waals surface area contributed by atoms with Gasteiger partial charge in [0.1, 0.15) is 11.5 Å². The summed E-state index contributed by atoms with van der Waals surface area (Å²) >= 11 is 1.50. The van der Waals surface area contributed by atoms with Crippen LogP contribution < -0.4 is 4.74 Å². The van der Waals surface area contributed by atoms with Gasteiger partial charge in [-0.3, -0.25) is 4.57 Å². The van der Waals surface area contributed by atoms with Crippen LogP contribution in [0.15, 0.2) is 35.2 Å². The van der Waals surface area contributed by atoms with E-state index in [9.17, 15) is 9.67 Å². The number of aromatic hydroxyl groups is 1. The Bertz CT molecular complexity index is 762. The molecule has 0 bridgehead atoms. The second-order valence-corrected chi connectivity index (χ2v) is 8.09. The van der Waals surface area contributed by atoms with E-state index in [1.807, 2.05) is 32.2 Å². The van der Waals surface area contributed by atoms with Crippen molar-refractivity contribution in [2.45, 2.75) is 25.2 Å². The maximum Gasteiger partial charge on any atom is 0.362 e. The van der Waals surface area contributed by atoms with Crippen LogP contribution in [0, 0.1) is 13.8 Å². The van der Waals surface area contributed by atoms with Crippen LogP contribution in [0.3, 0.4) is 0 Å². The summed E-state index contributed by atoms with van der Waals surface area (Å²) in [6.07, 6.45) is 2.01. The summed E-state index contributed by atoms with van der Waals surface area (Å²) in [5.41, 5.74) is 4.22. The number of rotatable bonds is 6. The molecule has 130 valence electrons. The third-order valence-electron chi connectivity index (χ3n) is 3.69. The Morgan fingerprint density at radius 2 is 1.75 bits per heavy atom. The van der Waals surface area contributed by atoms with Gasteiger partial charge >= 0.3 is 7.60 Å². The van der Waals surface area contributed by atoms with E-state index in [4.69, 9.17) is 14.5 Å². The number of phenols is 1. The SMILES string of the molecule is CSc1cc(Cc2c(C)cc(OCP(=O)(O)O)cc2C)ccc1O. The number of hydrogen-bond donors (Lipinski definition) is 3. The van der Waals surface area contributed by atoms with Gasteiger partial charge < -0.3 is 19.6 Å². The van der Waals surface area contributed by atoms with Gasteiger partial charge in [0.05, 0.1) is 0 Å².